The summed E-state index contributed by atoms with van der Waals surface area (Å²) < 4.78 is 6.27. The molecule has 0 unspecified atom stereocenters. The fraction of sp³-hybridized carbons (Fsp3) is 0.263. The van der Waals surface area contributed by atoms with Crippen molar-refractivity contribution < 1.29 is 9.53 Å². The van der Waals surface area contributed by atoms with E-state index in [1.165, 1.54) is 0 Å². The third-order valence-corrected chi connectivity index (χ3v) is 5.02. The summed E-state index contributed by atoms with van der Waals surface area (Å²) in [6, 6.07) is 13.7. The average Bonchev–Trinajstić information content (AvgIpc) is 3.01. The van der Waals surface area contributed by atoms with Crippen molar-refractivity contribution in [1.82, 2.24) is 4.98 Å². The zero-order valence-corrected chi connectivity index (χ0v) is 14.9. The van der Waals surface area contributed by atoms with Crippen molar-refractivity contribution in [3.8, 4) is 5.75 Å². The predicted molar refractivity (Wildman–Crippen MR) is 99.1 cm³/mol. The van der Waals surface area contributed by atoms with Crippen LogP contribution < -0.4 is 9.64 Å². The molecule has 0 N–H and O–H groups in total. The van der Waals surface area contributed by atoms with Crippen molar-refractivity contribution in [3.63, 3.8) is 0 Å². The number of carbonyl (C=O) groups excluding carboxylic acids is 1. The van der Waals surface area contributed by atoms with Crippen LogP contribution in [0.4, 0.5) is 5.13 Å². The van der Waals surface area contributed by atoms with Crippen LogP contribution in [0.15, 0.2) is 42.5 Å². The van der Waals surface area contributed by atoms with Gasteiger partial charge in [-0.15, -0.1) is 0 Å². The summed E-state index contributed by atoms with van der Waals surface area (Å²) in [5, 5.41) is 0.764. The Kier molecular flexibility index (Phi) is 4.81. The topological polar surface area (TPSA) is 42.4 Å². The number of methoxy groups -OCH3 is 1. The monoisotopic (exact) mass is 340 g/mol. The lowest BCUT2D eigenvalue weighted by Crippen LogP contribution is -2.31. The van der Waals surface area contributed by atoms with Crippen LogP contribution in [-0.4, -0.2) is 24.5 Å². The molecule has 4 nitrogen and oxygen atoms in total. The number of ether oxygens (including phenoxy) is 1. The van der Waals surface area contributed by atoms with E-state index in [4.69, 9.17) is 4.74 Å². The van der Waals surface area contributed by atoms with E-state index in [1.807, 2.05) is 56.3 Å². The zero-order valence-electron chi connectivity index (χ0n) is 14.1. The van der Waals surface area contributed by atoms with Gasteiger partial charge >= 0.3 is 0 Å². The molecule has 3 aromatic rings. The first-order valence-electron chi connectivity index (χ1n) is 7.91. The molecule has 0 bridgehead atoms. The van der Waals surface area contributed by atoms with Gasteiger partial charge < -0.3 is 4.74 Å². The maximum absolute atomic E-state index is 12.7. The van der Waals surface area contributed by atoms with Gasteiger partial charge in [-0.25, -0.2) is 4.98 Å². The molecule has 24 heavy (non-hydrogen) atoms. The minimum absolute atomic E-state index is 0.0550. The number of aromatic nitrogens is 1. The van der Waals surface area contributed by atoms with Gasteiger partial charge in [0.25, 0.3) is 0 Å². The number of rotatable bonds is 5. The number of anilines is 1. The molecule has 124 valence electrons. The average molecular weight is 340 g/mol. The number of benzene rings is 2. The number of hydrogen-bond acceptors (Lipinski definition) is 4. The van der Waals surface area contributed by atoms with E-state index in [0.717, 1.165) is 32.2 Å². The number of thiazole rings is 1. The quantitative estimate of drug-likeness (QED) is 0.699. The van der Waals surface area contributed by atoms with Crippen molar-refractivity contribution in [2.45, 2.75) is 20.3 Å². The largest absolute Gasteiger partial charge is 0.497 e. The van der Waals surface area contributed by atoms with E-state index in [9.17, 15) is 4.79 Å². The SMILES string of the molecule is CCN(C(=O)Cc1ccc(OC)cc1)c1nc2c(C)cccc2s1. The Hall–Kier alpha value is -2.40. The van der Waals surface area contributed by atoms with E-state index in [0.29, 0.717) is 13.0 Å². The van der Waals surface area contributed by atoms with Crippen LogP contribution in [0.5, 0.6) is 5.75 Å². The molecule has 0 aliphatic rings. The summed E-state index contributed by atoms with van der Waals surface area (Å²) in [6.45, 7) is 4.62. The highest BCUT2D eigenvalue weighted by Crippen LogP contribution is 2.30. The molecule has 2 aromatic carbocycles. The van der Waals surface area contributed by atoms with Gasteiger partial charge in [0.1, 0.15) is 5.75 Å². The molecule has 0 fully saturated rings. The number of likely N-dealkylation sites (N-methyl/N-ethyl adjacent to an activating group) is 1. The lowest BCUT2D eigenvalue weighted by molar-refractivity contribution is -0.117. The number of carbonyl (C=O) groups is 1. The summed E-state index contributed by atoms with van der Waals surface area (Å²) in [5.41, 5.74) is 3.08. The molecule has 1 amide bonds. The standard InChI is InChI=1S/C19H20N2O2S/c1-4-21(17(22)12-14-8-10-15(23-3)11-9-14)19-20-18-13(2)6-5-7-16(18)24-19/h5-11H,4,12H2,1-3H3. The van der Waals surface area contributed by atoms with Gasteiger partial charge in [-0.3, -0.25) is 9.69 Å². The Morgan fingerprint density at radius 3 is 2.58 bits per heavy atom. The number of nitrogens with zero attached hydrogens (tertiary/aromatic N) is 2. The highest BCUT2D eigenvalue weighted by molar-refractivity contribution is 7.22. The van der Waals surface area contributed by atoms with E-state index in [2.05, 4.69) is 4.98 Å². The van der Waals surface area contributed by atoms with Crippen LogP contribution in [0.3, 0.4) is 0 Å². The molecule has 0 spiro atoms. The first kappa shape index (κ1) is 16.5. The van der Waals surface area contributed by atoms with Crippen molar-refractivity contribution in [3.05, 3.63) is 53.6 Å². The molecule has 0 aliphatic heterocycles. The van der Waals surface area contributed by atoms with Gasteiger partial charge in [-0.05, 0) is 43.2 Å². The van der Waals surface area contributed by atoms with E-state index >= 15 is 0 Å². The molecule has 3 rings (SSSR count). The maximum Gasteiger partial charge on any atom is 0.233 e. The van der Waals surface area contributed by atoms with Crippen LogP contribution >= 0.6 is 11.3 Å². The van der Waals surface area contributed by atoms with Crippen molar-refractivity contribution in [2.24, 2.45) is 0 Å². The second-order valence-electron chi connectivity index (χ2n) is 5.58. The van der Waals surface area contributed by atoms with Crippen LogP contribution in [0.25, 0.3) is 10.2 Å². The van der Waals surface area contributed by atoms with Gasteiger partial charge in [0.2, 0.25) is 5.91 Å². The molecule has 0 atom stereocenters. The summed E-state index contributed by atoms with van der Waals surface area (Å²) in [5.74, 6) is 0.847. The Morgan fingerprint density at radius 1 is 1.21 bits per heavy atom. The minimum Gasteiger partial charge on any atom is -0.497 e. The number of hydrogen-bond donors (Lipinski definition) is 0. The van der Waals surface area contributed by atoms with E-state index in [-0.39, 0.29) is 5.91 Å². The molecule has 0 saturated carbocycles. The molecule has 5 heteroatoms. The summed E-state index contributed by atoms with van der Waals surface area (Å²) in [6.07, 6.45) is 0.354. The van der Waals surface area contributed by atoms with Crippen molar-refractivity contribution >= 4 is 32.6 Å². The number of amides is 1. The van der Waals surface area contributed by atoms with Crippen LogP contribution in [0, 0.1) is 6.92 Å². The van der Waals surface area contributed by atoms with Gasteiger partial charge in [-0.2, -0.15) is 0 Å². The third-order valence-electron chi connectivity index (χ3n) is 3.97. The fourth-order valence-electron chi connectivity index (χ4n) is 2.62. The minimum atomic E-state index is 0.0550. The number of aryl methyl sites for hydroxylation is 1. The molecular formula is C19H20N2O2S. The van der Waals surface area contributed by atoms with Gasteiger partial charge in [0.05, 0.1) is 23.7 Å². The highest BCUT2D eigenvalue weighted by Gasteiger charge is 2.18. The zero-order chi connectivity index (χ0) is 17.1. The molecule has 1 aromatic heterocycles. The lowest BCUT2D eigenvalue weighted by Gasteiger charge is -2.17. The fourth-order valence-corrected chi connectivity index (χ4v) is 3.75. The molecule has 0 radical (unpaired) electrons. The maximum atomic E-state index is 12.7. The molecule has 0 saturated heterocycles. The predicted octanol–water partition coefficient (Wildman–Crippen LogP) is 4.21. The number of para-hydroxylation sites is 1. The normalized spacial score (nSPS) is 10.8. The van der Waals surface area contributed by atoms with Gasteiger partial charge in [0.15, 0.2) is 5.13 Å². The van der Waals surface area contributed by atoms with Crippen LogP contribution in [-0.2, 0) is 11.2 Å². The first-order chi connectivity index (χ1) is 11.6. The highest BCUT2D eigenvalue weighted by atomic mass is 32.1. The summed E-state index contributed by atoms with van der Waals surface area (Å²) >= 11 is 1.56. The van der Waals surface area contributed by atoms with Crippen LogP contribution in [0.2, 0.25) is 0 Å². The Labute approximate surface area is 145 Å². The van der Waals surface area contributed by atoms with Crippen LogP contribution in [0.1, 0.15) is 18.1 Å². The van der Waals surface area contributed by atoms with E-state index < -0.39 is 0 Å². The number of fused-ring (bicyclic) bond motifs is 1. The second kappa shape index (κ2) is 7.01. The Balaban J connectivity index is 1.83. The van der Waals surface area contributed by atoms with Gasteiger partial charge in [0, 0.05) is 6.54 Å². The van der Waals surface area contributed by atoms with Crippen molar-refractivity contribution in [1.29, 1.82) is 0 Å². The van der Waals surface area contributed by atoms with Gasteiger partial charge in [-0.1, -0.05) is 35.6 Å². The first-order valence-corrected chi connectivity index (χ1v) is 8.73. The Morgan fingerprint density at radius 2 is 1.96 bits per heavy atom. The Bertz CT molecular complexity index is 855. The molecule has 0 aliphatic carbocycles. The lowest BCUT2D eigenvalue weighted by atomic mass is 10.1. The second-order valence-corrected chi connectivity index (χ2v) is 6.59. The van der Waals surface area contributed by atoms with Crippen molar-refractivity contribution in [2.75, 3.05) is 18.6 Å². The summed E-state index contributed by atoms with van der Waals surface area (Å²) in [4.78, 5) is 19.2. The smallest absolute Gasteiger partial charge is 0.233 e. The molecular weight excluding hydrogens is 320 g/mol. The molecule has 1 heterocycles. The van der Waals surface area contributed by atoms with E-state index in [1.54, 1.807) is 23.3 Å². The third kappa shape index (κ3) is 3.26. The summed E-state index contributed by atoms with van der Waals surface area (Å²) in [7, 11) is 1.63.